The molecule has 0 saturated heterocycles. The molecule has 1 aliphatic carbocycles. The molecule has 1 aliphatic rings. The summed E-state index contributed by atoms with van der Waals surface area (Å²) in [6, 6.07) is 9.47. The lowest BCUT2D eigenvalue weighted by Crippen LogP contribution is -2.39. The van der Waals surface area contributed by atoms with Crippen LogP contribution < -0.4 is 5.32 Å². The summed E-state index contributed by atoms with van der Waals surface area (Å²) in [5, 5.41) is 6.97. The topological polar surface area (TPSA) is 67.2 Å². The summed E-state index contributed by atoms with van der Waals surface area (Å²) in [5.41, 5.74) is 0.557. The van der Waals surface area contributed by atoms with E-state index in [2.05, 4.69) is 10.4 Å². The number of nitrogens with one attached hydrogen (secondary N) is 1. The van der Waals surface area contributed by atoms with Gasteiger partial charge in [0.2, 0.25) is 5.91 Å². The molecule has 1 saturated carbocycles. The van der Waals surface area contributed by atoms with Crippen LogP contribution in [0.1, 0.15) is 42.5 Å². The number of aryl methyl sites for hydroxylation is 1. The highest BCUT2D eigenvalue weighted by Gasteiger charge is 2.22. The van der Waals surface area contributed by atoms with Gasteiger partial charge in [0.1, 0.15) is 0 Å². The highest BCUT2D eigenvalue weighted by molar-refractivity contribution is 8.00. The van der Waals surface area contributed by atoms with E-state index in [0.717, 1.165) is 17.7 Å². The van der Waals surface area contributed by atoms with Gasteiger partial charge in [-0.2, -0.15) is 5.10 Å². The molecule has 3 rings (SSSR count). The minimum atomic E-state index is -0.218. The molecule has 1 aromatic carbocycles. The van der Waals surface area contributed by atoms with Gasteiger partial charge >= 0.3 is 0 Å². The summed E-state index contributed by atoms with van der Waals surface area (Å²) in [5.74, 6) is 0.744. The average Bonchev–Trinajstić information content (AvgIpc) is 3.11. The van der Waals surface area contributed by atoms with E-state index < -0.39 is 0 Å². The molecule has 1 N–H and O–H groups in total. The Hall–Kier alpha value is -2.28. The van der Waals surface area contributed by atoms with E-state index in [4.69, 9.17) is 0 Å². The van der Waals surface area contributed by atoms with E-state index in [1.165, 1.54) is 31.0 Å². The molecule has 0 aliphatic heterocycles. The molecule has 1 aromatic heterocycles. The lowest BCUT2D eigenvalue weighted by molar-refractivity contribution is -0.129. The molecule has 0 spiro atoms. The van der Waals surface area contributed by atoms with Crippen molar-refractivity contribution < 1.29 is 9.59 Å². The minimum absolute atomic E-state index is 0.117. The van der Waals surface area contributed by atoms with Gasteiger partial charge in [0.05, 0.1) is 11.3 Å². The molecule has 0 unspecified atom stereocenters. The first-order chi connectivity index (χ1) is 13.0. The van der Waals surface area contributed by atoms with Gasteiger partial charge in [-0.05, 0) is 25.0 Å². The smallest absolute Gasteiger partial charge is 0.257 e. The lowest BCUT2D eigenvalue weighted by atomic mass is 9.94. The predicted octanol–water partition coefficient (Wildman–Crippen LogP) is 3.56. The fourth-order valence-corrected chi connectivity index (χ4v) is 4.33. The van der Waals surface area contributed by atoms with E-state index in [0.29, 0.717) is 23.2 Å². The van der Waals surface area contributed by atoms with Gasteiger partial charge in [-0.15, -0.1) is 11.8 Å². The number of carbonyl (C=O) groups is 2. The fraction of sp³-hybridized carbons (Fsp3) is 0.450. The molecule has 0 atom stereocenters. The van der Waals surface area contributed by atoms with Crippen LogP contribution in [0, 0.1) is 0 Å². The summed E-state index contributed by atoms with van der Waals surface area (Å²) >= 11 is 1.41. The molecule has 144 valence electrons. The van der Waals surface area contributed by atoms with Crippen molar-refractivity contribution in [3.63, 3.8) is 0 Å². The van der Waals surface area contributed by atoms with Crippen LogP contribution >= 0.6 is 11.8 Å². The molecule has 0 bridgehead atoms. The maximum absolute atomic E-state index is 12.6. The van der Waals surface area contributed by atoms with Crippen LogP contribution in [-0.4, -0.2) is 45.3 Å². The normalized spacial score (nSPS) is 14.7. The predicted molar refractivity (Wildman–Crippen MR) is 108 cm³/mol. The Balaban J connectivity index is 1.61. The van der Waals surface area contributed by atoms with E-state index >= 15 is 0 Å². The third-order valence-corrected chi connectivity index (χ3v) is 6.01. The molecular weight excluding hydrogens is 360 g/mol. The van der Waals surface area contributed by atoms with E-state index in [9.17, 15) is 9.59 Å². The maximum Gasteiger partial charge on any atom is 0.257 e. The Morgan fingerprint density at radius 1 is 1.22 bits per heavy atom. The molecule has 6 nitrogen and oxygen atoms in total. The van der Waals surface area contributed by atoms with Crippen LogP contribution in [0.25, 0.3) is 0 Å². The van der Waals surface area contributed by atoms with E-state index in [1.54, 1.807) is 30.1 Å². The number of hydrogen-bond donors (Lipinski definition) is 1. The van der Waals surface area contributed by atoms with Crippen molar-refractivity contribution in [3.8, 4) is 0 Å². The van der Waals surface area contributed by atoms with Gasteiger partial charge in [0, 0.05) is 37.3 Å². The van der Waals surface area contributed by atoms with Gasteiger partial charge in [-0.25, -0.2) is 0 Å². The van der Waals surface area contributed by atoms with Gasteiger partial charge in [-0.3, -0.25) is 14.3 Å². The van der Waals surface area contributed by atoms with Crippen LogP contribution in [0.5, 0.6) is 0 Å². The molecule has 0 radical (unpaired) electrons. The number of rotatable bonds is 6. The zero-order valence-electron chi connectivity index (χ0n) is 15.9. The molecule has 2 aromatic rings. The van der Waals surface area contributed by atoms with E-state index in [-0.39, 0.29) is 11.8 Å². The first-order valence-corrected chi connectivity index (χ1v) is 10.3. The summed E-state index contributed by atoms with van der Waals surface area (Å²) in [7, 11) is 3.70. The first kappa shape index (κ1) is 19.5. The Bertz CT molecular complexity index is 799. The maximum atomic E-state index is 12.6. The third-order valence-electron chi connectivity index (χ3n) is 4.95. The first-order valence-electron chi connectivity index (χ1n) is 9.33. The number of amides is 2. The molecule has 27 heavy (non-hydrogen) atoms. The van der Waals surface area contributed by atoms with E-state index in [1.807, 2.05) is 30.1 Å². The second kappa shape index (κ2) is 9.08. The zero-order chi connectivity index (χ0) is 19.2. The fourth-order valence-electron chi connectivity index (χ4n) is 3.36. The Labute approximate surface area is 164 Å². The van der Waals surface area contributed by atoms with Crippen molar-refractivity contribution in [3.05, 3.63) is 42.1 Å². The Kier molecular flexibility index (Phi) is 6.55. The molecule has 2 amide bonds. The quantitative estimate of drug-likeness (QED) is 0.771. The van der Waals surface area contributed by atoms with Gasteiger partial charge in [-0.1, -0.05) is 31.4 Å². The number of carbonyl (C=O) groups excluding carboxylic acids is 2. The summed E-state index contributed by atoms with van der Waals surface area (Å²) in [4.78, 5) is 27.9. The number of anilines is 1. The standard InChI is InChI=1S/C20H26N4O2S/c1-23-13-12-18(22-23)21-20(26)16-10-6-7-11-17(16)27-14-19(25)24(2)15-8-4-3-5-9-15/h6-7,10-13,15H,3-5,8-9,14H2,1-2H3,(H,21,22,26). The van der Waals surface area contributed by atoms with Crippen LogP contribution in [0.3, 0.4) is 0 Å². The van der Waals surface area contributed by atoms with Crippen LogP contribution in [0.15, 0.2) is 41.4 Å². The van der Waals surface area contributed by atoms with Crippen LogP contribution in [-0.2, 0) is 11.8 Å². The second-order valence-corrected chi connectivity index (χ2v) is 7.93. The SMILES string of the molecule is CN(C(=O)CSc1ccccc1C(=O)Nc1ccn(C)n1)C1CCCCC1. The molecule has 1 heterocycles. The summed E-state index contributed by atoms with van der Waals surface area (Å²) in [6.07, 6.45) is 7.63. The van der Waals surface area contributed by atoms with Crippen molar-refractivity contribution in [2.45, 2.75) is 43.0 Å². The number of nitrogens with zero attached hydrogens (tertiary/aromatic N) is 3. The number of thioether (sulfide) groups is 1. The Morgan fingerprint density at radius 3 is 2.67 bits per heavy atom. The molecular formula is C20H26N4O2S. The van der Waals surface area contributed by atoms with Crippen molar-refractivity contribution in [2.24, 2.45) is 7.05 Å². The van der Waals surface area contributed by atoms with Gasteiger partial charge < -0.3 is 10.2 Å². The highest BCUT2D eigenvalue weighted by Crippen LogP contribution is 2.26. The zero-order valence-corrected chi connectivity index (χ0v) is 16.7. The Morgan fingerprint density at radius 2 is 1.96 bits per heavy atom. The number of aromatic nitrogens is 2. The van der Waals surface area contributed by atoms with Crippen LogP contribution in [0.2, 0.25) is 0 Å². The largest absolute Gasteiger partial charge is 0.342 e. The molecule has 1 fully saturated rings. The summed E-state index contributed by atoms with van der Waals surface area (Å²) in [6.45, 7) is 0. The summed E-state index contributed by atoms with van der Waals surface area (Å²) < 4.78 is 1.63. The monoisotopic (exact) mass is 386 g/mol. The molecule has 7 heteroatoms. The highest BCUT2D eigenvalue weighted by atomic mass is 32.2. The minimum Gasteiger partial charge on any atom is -0.342 e. The van der Waals surface area contributed by atoms with Gasteiger partial charge in [0.25, 0.3) is 5.91 Å². The number of benzene rings is 1. The van der Waals surface area contributed by atoms with Crippen molar-refractivity contribution in [1.82, 2.24) is 14.7 Å². The van der Waals surface area contributed by atoms with Crippen molar-refractivity contribution in [2.75, 3.05) is 18.1 Å². The average molecular weight is 387 g/mol. The van der Waals surface area contributed by atoms with Crippen molar-refractivity contribution in [1.29, 1.82) is 0 Å². The number of hydrogen-bond acceptors (Lipinski definition) is 4. The van der Waals surface area contributed by atoms with Crippen molar-refractivity contribution >= 4 is 29.4 Å². The van der Waals surface area contributed by atoms with Crippen LogP contribution in [0.4, 0.5) is 5.82 Å². The second-order valence-electron chi connectivity index (χ2n) is 6.91. The van der Waals surface area contributed by atoms with Gasteiger partial charge in [0.15, 0.2) is 5.82 Å². The lowest BCUT2D eigenvalue weighted by Gasteiger charge is -2.31. The third kappa shape index (κ3) is 5.13.